The minimum atomic E-state index is 0.540. The number of nitrogens with zero attached hydrogens (tertiary/aromatic N) is 2. The number of hydrogen-bond donors (Lipinski definition) is 2. The number of fused-ring (bicyclic) bond motifs is 1. The first-order valence-electron chi connectivity index (χ1n) is 3.87. The summed E-state index contributed by atoms with van der Waals surface area (Å²) in [6, 6.07) is 1.95. The molecule has 68 valence electrons. The average Bonchev–Trinajstić information content (AvgIpc) is 2.46. The lowest BCUT2D eigenvalue weighted by Gasteiger charge is -1.97. The normalized spacial score (nSPS) is 10.9. The van der Waals surface area contributed by atoms with Gasteiger partial charge in [0.05, 0.1) is 5.39 Å². The summed E-state index contributed by atoms with van der Waals surface area (Å²) >= 11 is 1.48. The first-order valence-corrected chi connectivity index (χ1v) is 5.10. The van der Waals surface area contributed by atoms with Gasteiger partial charge in [-0.3, -0.25) is 0 Å². The molecule has 2 rings (SSSR count). The molecule has 2 heterocycles. The predicted molar refractivity (Wildman–Crippen MR) is 54.8 cm³/mol. The van der Waals surface area contributed by atoms with E-state index in [1.807, 2.05) is 19.2 Å². The quantitative estimate of drug-likeness (QED) is 0.534. The molecule has 5 heteroatoms. The molecule has 2 aromatic heterocycles. The summed E-state index contributed by atoms with van der Waals surface area (Å²) in [4.78, 5) is 11.6. The number of anilines is 1. The number of nitrogen functional groups attached to an aromatic ring is 1. The Hall–Kier alpha value is -1.23. The van der Waals surface area contributed by atoms with Crippen LogP contribution in [0.15, 0.2) is 11.2 Å². The fourth-order valence-electron chi connectivity index (χ4n) is 1.23. The second kappa shape index (κ2) is 2.92. The van der Waals surface area contributed by atoms with E-state index in [2.05, 4.69) is 15.0 Å². The molecule has 0 atom stereocenters. The molecule has 0 aliphatic heterocycles. The van der Waals surface area contributed by atoms with E-state index < -0.39 is 0 Å². The lowest BCUT2D eigenvalue weighted by molar-refractivity contribution is 1.00. The Labute approximate surface area is 80.0 Å². The van der Waals surface area contributed by atoms with Gasteiger partial charge in [-0.05, 0) is 19.2 Å². The molecule has 0 aromatic carbocycles. The van der Waals surface area contributed by atoms with Gasteiger partial charge < -0.3 is 10.7 Å². The fourth-order valence-corrected chi connectivity index (χ4v) is 1.61. The average molecular weight is 194 g/mol. The Morgan fingerprint density at radius 2 is 2.23 bits per heavy atom. The highest BCUT2D eigenvalue weighted by Gasteiger charge is 2.06. The van der Waals surface area contributed by atoms with E-state index in [1.165, 1.54) is 11.8 Å². The van der Waals surface area contributed by atoms with E-state index in [-0.39, 0.29) is 0 Å². The number of aryl methyl sites for hydroxylation is 1. The summed E-state index contributed by atoms with van der Waals surface area (Å²) in [6.07, 6.45) is 1.93. The van der Waals surface area contributed by atoms with Crippen LogP contribution in [-0.2, 0) is 0 Å². The van der Waals surface area contributed by atoms with Crippen LogP contribution in [0.3, 0.4) is 0 Å². The van der Waals surface area contributed by atoms with Gasteiger partial charge in [0.15, 0.2) is 5.16 Å². The van der Waals surface area contributed by atoms with Gasteiger partial charge in [0.2, 0.25) is 0 Å². The molecular formula is C8H10N4S. The Morgan fingerprint density at radius 1 is 1.46 bits per heavy atom. The number of H-pyrrole nitrogens is 1. The second-order valence-corrected chi connectivity index (χ2v) is 3.58. The summed E-state index contributed by atoms with van der Waals surface area (Å²) in [5, 5.41) is 1.60. The van der Waals surface area contributed by atoms with Crippen LogP contribution < -0.4 is 5.73 Å². The van der Waals surface area contributed by atoms with Gasteiger partial charge in [-0.2, -0.15) is 0 Å². The summed E-state index contributed by atoms with van der Waals surface area (Å²) < 4.78 is 0. The van der Waals surface area contributed by atoms with Crippen LogP contribution in [0.25, 0.3) is 11.0 Å². The largest absolute Gasteiger partial charge is 0.383 e. The third kappa shape index (κ3) is 1.35. The number of nitrogens with one attached hydrogen (secondary N) is 1. The summed E-state index contributed by atoms with van der Waals surface area (Å²) in [7, 11) is 0. The molecule has 2 aromatic rings. The number of rotatable bonds is 1. The predicted octanol–water partition coefficient (Wildman–Crippen LogP) is 1.57. The zero-order valence-electron chi connectivity index (χ0n) is 7.46. The van der Waals surface area contributed by atoms with Gasteiger partial charge in [-0.25, -0.2) is 9.97 Å². The van der Waals surface area contributed by atoms with E-state index in [0.717, 1.165) is 16.7 Å². The molecule has 0 unspecified atom stereocenters. The maximum atomic E-state index is 5.76. The third-order valence-corrected chi connectivity index (χ3v) is 2.36. The van der Waals surface area contributed by atoms with Crippen LogP contribution >= 0.6 is 11.8 Å². The standard InChI is InChI=1S/C8H10N4S/c1-4-3-5-6(9)11-8(13-2)12-7(5)10-4/h3H,1-2H3,(H3,9,10,11,12). The molecule has 0 spiro atoms. The van der Waals surface area contributed by atoms with Crippen LogP contribution in [0, 0.1) is 6.92 Å². The Morgan fingerprint density at radius 3 is 2.92 bits per heavy atom. The minimum absolute atomic E-state index is 0.540. The van der Waals surface area contributed by atoms with Gasteiger partial charge in [-0.1, -0.05) is 11.8 Å². The molecule has 0 amide bonds. The molecule has 0 saturated carbocycles. The molecule has 0 saturated heterocycles. The van der Waals surface area contributed by atoms with Crippen LogP contribution in [0.4, 0.5) is 5.82 Å². The van der Waals surface area contributed by atoms with Crippen LogP contribution in [0.1, 0.15) is 5.69 Å². The highest BCUT2D eigenvalue weighted by atomic mass is 32.2. The number of hydrogen-bond acceptors (Lipinski definition) is 4. The lowest BCUT2D eigenvalue weighted by Crippen LogP contribution is -1.94. The smallest absolute Gasteiger partial charge is 0.191 e. The zero-order valence-corrected chi connectivity index (χ0v) is 8.27. The molecule has 0 radical (unpaired) electrons. The molecular weight excluding hydrogens is 184 g/mol. The summed E-state index contributed by atoms with van der Waals surface area (Å²) in [6.45, 7) is 1.97. The van der Waals surface area contributed by atoms with E-state index in [9.17, 15) is 0 Å². The van der Waals surface area contributed by atoms with Gasteiger partial charge in [0, 0.05) is 5.69 Å². The fraction of sp³-hybridized carbons (Fsp3) is 0.250. The van der Waals surface area contributed by atoms with Crippen molar-refractivity contribution in [1.29, 1.82) is 0 Å². The second-order valence-electron chi connectivity index (χ2n) is 2.81. The molecule has 4 nitrogen and oxygen atoms in total. The van der Waals surface area contributed by atoms with Crippen molar-refractivity contribution >= 4 is 28.6 Å². The first kappa shape index (κ1) is 8.37. The van der Waals surface area contributed by atoms with Crippen molar-refractivity contribution in [2.45, 2.75) is 12.1 Å². The van der Waals surface area contributed by atoms with Crippen molar-refractivity contribution in [1.82, 2.24) is 15.0 Å². The van der Waals surface area contributed by atoms with Crippen molar-refractivity contribution in [3.63, 3.8) is 0 Å². The highest BCUT2D eigenvalue weighted by molar-refractivity contribution is 7.98. The highest BCUT2D eigenvalue weighted by Crippen LogP contribution is 2.21. The van der Waals surface area contributed by atoms with Gasteiger partial charge in [0.25, 0.3) is 0 Å². The van der Waals surface area contributed by atoms with Crippen molar-refractivity contribution in [2.75, 3.05) is 12.0 Å². The van der Waals surface area contributed by atoms with Crippen molar-refractivity contribution in [2.24, 2.45) is 0 Å². The van der Waals surface area contributed by atoms with E-state index in [1.54, 1.807) is 0 Å². The van der Waals surface area contributed by atoms with E-state index in [0.29, 0.717) is 11.0 Å². The molecule has 0 fully saturated rings. The molecule has 3 N–H and O–H groups in total. The SMILES string of the molecule is CSc1nc(N)c2cc(C)[nH]c2n1. The molecule has 0 aliphatic carbocycles. The molecule has 0 bridgehead atoms. The Balaban J connectivity index is 2.75. The topological polar surface area (TPSA) is 67.6 Å². The zero-order chi connectivity index (χ0) is 9.42. The first-order chi connectivity index (χ1) is 6.20. The van der Waals surface area contributed by atoms with Gasteiger partial charge in [0.1, 0.15) is 11.5 Å². The maximum Gasteiger partial charge on any atom is 0.191 e. The van der Waals surface area contributed by atoms with Crippen molar-refractivity contribution < 1.29 is 0 Å². The van der Waals surface area contributed by atoms with Crippen LogP contribution in [0.2, 0.25) is 0 Å². The number of nitrogens with two attached hydrogens (primary N) is 1. The maximum absolute atomic E-state index is 5.76. The van der Waals surface area contributed by atoms with Gasteiger partial charge in [-0.15, -0.1) is 0 Å². The monoisotopic (exact) mass is 194 g/mol. The van der Waals surface area contributed by atoms with E-state index >= 15 is 0 Å². The molecule has 0 aliphatic rings. The van der Waals surface area contributed by atoms with Crippen molar-refractivity contribution in [3.05, 3.63) is 11.8 Å². The van der Waals surface area contributed by atoms with Crippen LogP contribution in [-0.4, -0.2) is 21.2 Å². The lowest BCUT2D eigenvalue weighted by atomic mass is 10.3. The van der Waals surface area contributed by atoms with E-state index in [4.69, 9.17) is 5.73 Å². The van der Waals surface area contributed by atoms with Crippen LogP contribution in [0.5, 0.6) is 0 Å². The van der Waals surface area contributed by atoms with Crippen molar-refractivity contribution in [3.8, 4) is 0 Å². The summed E-state index contributed by atoms with van der Waals surface area (Å²) in [5.74, 6) is 0.540. The minimum Gasteiger partial charge on any atom is -0.383 e. The number of aromatic amines is 1. The van der Waals surface area contributed by atoms with Gasteiger partial charge >= 0.3 is 0 Å². The molecule has 13 heavy (non-hydrogen) atoms. The Kier molecular flexibility index (Phi) is 1.88. The summed E-state index contributed by atoms with van der Waals surface area (Å²) in [5.41, 5.74) is 7.63. The number of thioether (sulfide) groups is 1. The third-order valence-electron chi connectivity index (χ3n) is 1.81. The number of aromatic nitrogens is 3. The Bertz CT molecular complexity index is 449.